The summed E-state index contributed by atoms with van der Waals surface area (Å²) in [5.41, 5.74) is 1.45. The van der Waals surface area contributed by atoms with Gasteiger partial charge >= 0.3 is 0 Å². The Balaban J connectivity index is 1.97. The van der Waals surface area contributed by atoms with Gasteiger partial charge in [-0.2, -0.15) is 0 Å². The molecule has 0 radical (unpaired) electrons. The maximum atomic E-state index is 10.4. The summed E-state index contributed by atoms with van der Waals surface area (Å²) in [4.78, 5) is 14.6. The third kappa shape index (κ3) is 2.36. The van der Waals surface area contributed by atoms with Crippen LogP contribution in [-0.2, 0) is 6.54 Å². The predicted octanol–water partition coefficient (Wildman–Crippen LogP) is 1.15. The van der Waals surface area contributed by atoms with Gasteiger partial charge in [-0.05, 0) is 25.0 Å². The second-order valence-corrected chi connectivity index (χ2v) is 3.33. The molecule has 0 unspecified atom stereocenters. The lowest BCUT2D eigenvalue weighted by Gasteiger charge is -2.01. The zero-order valence-electron chi connectivity index (χ0n) is 7.36. The van der Waals surface area contributed by atoms with Crippen molar-refractivity contribution in [2.45, 2.75) is 25.4 Å². The molecular weight excluding hydrogens is 164 g/mol. The number of nitrogens with zero attached hydrogens (tertiary/aromatic N) is 1. The Hall–Kier alpha value is -1.22. The molecule has 0 atom stereocenters. The van der Waals surface area contributed by atoms with Gasteiger partial charge in [-0.3, -0.25) is 4.79 Å². The molecule has 1 aromatic rings. The van der Waals surface area contributed by atoms with Crippen LogP contribution in [0.4, 0.5) is 0 Å². The summed E-state index contributed by atoms with van der Waals surface area (Å²) in [5.74, 6) is 0. The summed E-state index contributed by atoms with van der Waals surface area (Å²) < 4.78 is 0. The molecule has 13 heavy (non-hydrogen) atoms. The van der Waals surface area contributed by atoms with E-state index in [2.05, 4.69) is 10.3 Å². The highest BCUT2D eigenvalue weighted by Gasteiger charge is 2.19. The maximum Gasteiger partial charge on any atom is 0.168 e. The number of pyridine rings is 1. The summed E-state index contributed by atoms with van der Waals surface area (Å²) in [7, 11) is 0. The molecule has 68 valence electrons. The fourth-order valence-electron chi connectivity index (χ4n) is 1.20. The first-order chi connectivity index (χ1) is 6.38. The van der Waals surface area contributed by atoms with Crippen LogP contribution in [0.25, 0.3) is 0 Å². The molecule has 3 heteroatoms. The van der Waals surface area contributed by atoms with Crippen LogP contribution in [0.5, 0.6) is 0 Å². The van der Waals surface area contributed by atoms with Gasteiger partial charge < -0.3 is 5.32 Å². The number of carbonyl (C=O) groups excluding carboxylic acids is 1. The zero-order chi connectivity index (χ0) is 9.10. The van der Waals surface area contributed by atoms with Crippen molar-refractivity contribution in [1.29, 1.82) is 0 Å². The number of hydrogen-bond donors (Lipinski definition) is 1. The van der Waals surface area contributed by atoms with Gasteiger partial charge in [0.05, 0.1) is 5.69 Å². The van der Waals surface area contributed by atoms with Crippen LogP contribution in [0.15, 0.2) is 18.2 Å². The number of aldehydes is 1. The summed E-state index contributed by atoms with van der Waals surface area (Å²) in [6, 6.07) is 6.19. The molecule has 0 saturated heterocycles. The van der Waals surface area contributed by atoms with Gasteiger partial charge in [0.25, 0.3) is 0 Å². The molecule has 1 aromatic heterocycles. The smallest absolute Gasteiger partial charge is 0.168 e. The molecule has 1 aliphatic rings. The lowest BCUT2D eigenvalue weighted by atomic mass is 10.3. The van der Waals surface area contributed by atoms with E-state index in [1.165, 1.54) is 12.8 Å². The van der Waals surface area contributed by atoms with Crippen LogP contribution in [0, 0.1) is 0 Å². The minimum Gasteiger partial charge on any atom is -0.308 e. The van der Waals surface area contributed by atoms with Crippen molar-refractivity contribution in [3.63, 3.8) is 0 Å². The van der Waals surface area contributed by atoms with Gasteiger partial charge in [-0.15, -0.1) is 0 Å². The highest BCUT2D eigenvalue weighted by atomic mass is 16.1. The molecule has 1 N–H and O–H groups in total. The number of aromatic nitrogens is 1. The fourth-order valence-corrected chi connectivity index (χ4v) is 1.20. The fraction of sp³-hybridized carbons (Fsp3) is 0.400. The first kappa shape index (κ1) is 8.38. The van der Waals surface area contributed by atoms with E-state index in [-0.39, 0.29) is 0 Å². The van der Waals surface area contributed by atoms with E-state index in [9.17, 15) is 4.79 Å². The van der Waals surface area contributed by atoms with Crippen molar-refractivity contribution in [3.8, 4) is 0 Å². The lowest BCUT2D eigenvalue weighted by molar-refractivity contribution is 0.111. The van der Waals surface area contributed by atoms with Crippen molar-refractivity contribution in [2.75, 3.05) is 0 Å². The predicted molar refractivity (Wildman–Crippen MR) is 49.5 cm³/mol. The molecule has 0 aliphatic heterocycles. The second-order valence-electron chi connectivity index (χ2n) is 3.33. The maximum absolute atomic E-state index is 10.4. The Kier molecular flexibility index (Phi) is 2.36. The number of rotatable bonds is 4. The largest absolute Gasteiger partial charge is 0.308 e. The molecule has 1 saturated carbocycles. The summed E-state index contributed by atoms with van der Waals surface area (Å²) in [6.07, 6.45) is 3.32. The highest BCUT2D eigenvalue weighted by molar-refractivity contribution is 5.71. The molecule has 1 fully saturated rings. The number of hydrogen-bond acceptors (Lipinski definition) is 3. The molecule has 1 aliphatic carbocycles. The quantitative estimate of drug-likeness (QED) is 0.700. The molecule has 0 bridgehead atoms. The van der Waals surface area contributed by atoms with Gasteiger partial charge in [0.15, 0.2) is 6.29 Å². The Morgan fingerprint density at radius 3 is 3.08 bits per heavy atom. The molecule has 3 nitrogen and oxygen atoms in total. The molecular formula is C10H12N2O. The van der Waals surface area contributed by atoms with E-state index in [1.54, 1.807) is 6.07 Å². The third-order valence-corrected chi connectivity index (χ3v) is 2.10. The molecule has 0 spiro atoms. The van der Waals surface area contributed by atoms with E-state index in [4.69, 9.17) is 0 Å². The Labute approximate surface area is 77.2 Å². The summed E-state index contributed by atoms with van der Waals surface area (Å²) in [5, 5.41) is 3.35. The average Bonchev–Trinajstić information content (AvgIpc) is 2.99. The van der Waals surface area contributed by atoms with Crippen LogP contribution in [0.3, 0.4) is 0 Å². The lowest BCUT2D eigenvalue weighted by Crippen LogP contribution is -2.16. The van der Waals surface area contributed by atoms with Crippen molar-refractivity contribution < 1.29 is 4.79 Å². The number of nitrogens with one attached hydrogen (secondary N) is 1. The average molecular weight is 176 g/mol. The van der Waals surface area contributed by atoms with Crippen LogP contribution in [0.1, 0.15) is 29.0 Å². The normalized spacial score (nSPS) is 15.7. The highest BCUT2D eigenvalue weighted by Crippen LogP contribution is 2.18. The van der Waals surface area contributed by atoms with Crippen molar-refractivity contribution in [2.24, 2.45) is 0 Å². The van der Waals surface area contributed by atoms with Gasteiger partial charge in [0.1, 0.15) is 5.69 Å². The Morgan fingerprint density at radius 2 is 2.38 bits per heavy atom. The minimum absolute atomic E-state index is 0.509. The minimum atomic E-state index is 0.509. The second kappa shape index (κ2) is 3.66. The molecule has 0 amide bonds. The van der Waals surface area contributed by atoms with Crippen LogP contribution in [0.2, 0.25) is 0 Å². The van der Waals surface area contributed by atoms with E-state index in [0.29, 0.717) is 11.7 Å². The van der Waals surface area contributed by atoms with Crippen LogP contribution in [-0.4, -0.2) is 17.3 Å². The first-order valence-electron chi connectivity index (χ1n) is 4.53. The molecule has 0 aromatic carbocycles. The van der Waals surface area contributed by atoms with Crippen LogP contribution < -0.4 is 5.32 Å². The topological polar surface area (TPSA) is 42.0 Å². The standard InChI is InChI=1S/C10H12N2O/c13-7-10-3-1-2-9(12-10)6-11-8-4-5-8/h1-3,7-8,11H,4-6H2. The van der Waals surface area contributed by atoms with E-state index in [1.807, 2.05) is 12.1 Å². The third-order valence-electron chi connectivity index (χ3n) is 2.10. The van der Waals surface area contributed by atoms with E-state index < -0.39 is 0 Å². The first-order valence-corrected chi connectivity index (χ1v) is 4.53. The monoisotopic (exact) mass is 176 g/mol. The zero-order valence-corrected chi connectivity index (χ0v) is 7.36. The number of carbonyl (C=O) groups is 1. The van der Waals surface area contributed by atoms with Gasteiger partial charge in [0, 0.05) is 12.6 Å². The Morgan fingerprint density at radius 1 is 1.54 bits per heavy atom. The van der Waals surface area contributed by atoms with Gasteiger partial charge in [-0.1, -0.05) is 6.07 Å². The summed E-state index contributed by atoms with van der Waals surface area (Å²) in [6.45, 7) is 0.770. The van der Waals surface area contributed by atoms with Gasteiger partial charge in [0.2, 0.25) is 0 Å². The molecule has 1 heterocycles. The van der Waals surface area contributed by atoms with Crippen molar-refractivity contribution >= 4 is 6.29 Å². The van der Waals surface area contributed by atoms with Gasteiger partial charge in [-0.25, -0.2) is 4.98 Å². The molecule has 2 rings (SSSR count). The SMILES string of the molecule is O=Cc1cccc(CNC2CC2)n1. The summed E-state index contributed by atoms with van der Waals surface area (Å²) >= 11 is 0. The van der Waals surface area contributed by atoms with E-state index >= 15 is 0 Å². The van der Waals surface area contributed by atoms with Crippen molar-refractivity contribution in [1.82, 2.24) is 10.3 Å². The Bertz CT molecular complexity index is 308. The van der Waals surface area contributed by atoms with E-state index in [0.717, 1.165) is 18.5 Å². The van der Waals surface area contributed by atoms with Crippen LogP contribution >= 0.6 is 0 Å². The van der Waals surface area contributed by atoms with Crippen molar-refractivity contribution in [3.05, 3.63) is 29.6 Å².